The Balaban J connectivity index is 1.25. The van der Waals surface area contributed by atoms with Gasteiger partial charge in [-0.2, -0.15) is 4.98 Å². The third kappa shape index (κ3) is 3.79. The number of aliphatic hydroxyl groups excluding tert-OH is 1. The van der Waals surface area contributed by atoms with Crippen molar-refractivity contribution in [3.8, 4) is 6.01 Å². The zero-order valence-corrected chi connectivity index (χ0v) is 19.0. The smallest absolute Gasteiger partial charge is 0.335 e. The van der Waals surface area contributed by atoms with Crippen LogP contribution in [0.4, 0.5) is 10.2 Å². The number of hydrogen-bond acceptors (Lipinski definition) is 8. The molecule has 10 nitrogen and oxygen atoms in total. The van der Waals surface area contributed by atoms with Crippen LogP contribution in [0.25, 0.3) is 11.2 Å². The monoisotopic (exact) mass is 484 g/mol. The van der Waals surface area contributed by atoms with Gasteiger partial charge in [-0.15, -0.1) is 0 Å². The molecule has 4 N–H and O–H groups in total. The van der Waals surface area contributed by atoms with Crippen molar-refractivity contribution >= 4 is 23.0 Å². The van der Waals surface area contributed by atoms with Crippen molar-refractivity contribution in [2.75, 3.05) is 18.5 Å². The van der Waals surface area contributed by atoms with Gasteiger partial charge in [-0.25, -0.2) is 14.2 Å². The molecule has 2 aliphatic heterocycles. The van der Waals surface area contributed by atoms with Crippen LogP contribution in [-0.4, -0.2) is 68.8 Å². The minimum atomic E-state index is -1.14. The van der Waals surface area contributed by atoms with Crippen LogP contribution in [0.15, 0.2) is 18.2 Å². The fourth-order valence-electron chi connectivity index (χ4n) is 5.25. The third-order valence-corrected chi connectivity index (χ3v) is 6.98. The van der Waals surface area contributed by atoms with Crippen LogP contribution in [0.1, 0.15) is 46.4 Å². The number of nitrogens with one attached hydrogen (secondary N) is 2. The predicted octanol–water partition coefficient (Wildman–Crippen LogP) is 2.36. The summed E-state index contributed by atoms with van der Waals surface area (Å²) in [6.07, 6.45) is 0.0927. The number of nitrogens with zero attached hydrogens (tertiary/aromatic N) is 2. The molecule has 35 heavy (non-hydrogen) atoms. The SMILES string of the molecule is CCc1cc2[nH]c(O[C@@H]3CO[C@H]4[C@@H]3OC[C@H]4O)nc2nc1NC1CCc2cc(C(=O)O)cc(F)c21. The second-order valence-electron chi connectivity index (χ2n) is 9.15. The molecule has 0 radical (unpaired) electrons. The van der Waals surface area contributed by atoms with Crippen molar-refractivity contribution in [1.82, 2.24) is 15.0 Å². The first-order chi connectivity index (χ1) is 16.9. The molecule has 0 bridgehead atoms. The molecular formula is C24H25FN4O6. The largest absolute Gasteiger partial charge is 0.478 e. The van der Waals surface area contributed by atoms with Crippen LogP contribution in [0, 0.1) is 5.82 Å². The summed E-state index contributed by atoms with van der Waals surface area (Å²) in [7, 11) is 0. The summed E-state index contributed by atoms with van der Waals surface area (Å²) in [5, 5.41) is 22.5. The predicted molar refractivity (Wildman–Crippen MR) is 121 cm³/mol. The number of aliphatic hydroxyl groups is 1. The minimum absolute atomic E-state index is 0.0451. The highest BCUT2D eigenvalue weighted by Gasteiger charge is 2.48. The maximum atomic E-state index is 14.8. The molecule has 1 aromatic carbocycles. The van der Waals surface area contributed by atoms with Gasteiger partial charge in [0.05, 0.1) is 30.3 Å². The Labute approximate surface area is 199 Å². The number of fused-ring (bicyclic) bond motifs is 3. The van der Waals surface area contributed by atoms with Gasteiger partial charge >= 0.3 is 5.97 Å². The van der Waals surface area contributed by atoms with Crippen molar-refractivity contribution < 1.29 is 33.6 Å². The average molecular weight is 484 g/mol. The number of carboxylic acids is 1. The first-order valence-corrected chi connectivity index (χ1v) is 11.7. The Kier molecular flexibility index (Phi) is 5.35. The number of carboxylic acid groups (broad SMARTS) is 1. The number of anilines is 1. The lowest BCUT2D eigenvalue weighted by atomic mass is 10.0. The lowest BCUT2D eigenvalue weighted by molar-refractivity contribution is 0.00706. The quantitative estimate of drug-likeness (QED) is 0.415. The fraction of sp³-hybridized carbons (Fsp3) is 0.458. The maximum Gasteiger partial charge on any atom is 0.335 e. The molecule has 5 atom stereocenters. The molecule has 3 aromatic rings. The molecular weight excluding hydrogens is 459 g/mol. The molecule has 0 spiro atoms. The number of ether oxygens (including phenoxy) is 3. The van der Waals surface area contributed by atoms with Gasteiger partial charge in [-0.05, 0) is 48.6 Å². The minimum Gasteiger partial charge on any atom is -0.478 e. The van der Waals surface area contributed by atoms with Gasteiger partial charge in [0.2, 0.25) is 0 Å². The van der Waals surface area contributed by atoms with Gasteiger partial charge in [0, 0.05) is 5.56 Å². The molecule has 1 aliphatic carbocycles. The average Bonchev–Trinajstić information content (AvgIpc) is 3.59. The van der Waals surface area contributed by atoms with Crippen LogP contribution in [0.2, 0.25) is 0 Å². The Morgan fingerprint density at radius 3 is 2.89 bits per heavy atom. The van der Waals surface area contributed by atoms with Gasteiger partial charge in [-0.1, -0.05) is 6.92 Å². The van der Waals surface area contributed by atoms with Gasteiger partial charge in [0.1, 0.15) is 29.9 Å². The number of carbonyl (C=O) groups is 1. The lowest BCUT2D eigenvalue weighted by Crippen LogP contribution is -2.34. The molecule has 184 valence electrons. The lowest BCUT2D eigenvalue weighted by Gasteiger charge is -2.18. The summed E-state index contributed by atoms with van der Waals surface area (Å²) in [6.45, 7) is 2.51. The van der Waals surface area contributed by atoms with E-state index in [1.807, 2.05) is 13.0 Å². The van der Waals surface area contributed by atoms with E-state index in [1.165, 1.54) is 0 Å². The number of pyridine rings is 1. The molecule has 11 heteroatoms. The van der Waals surface area contributed by atoms with Crippen LogP contribution in [0.5, 0.6) is 6.01 Å². The van der Waals surface area contributed by atoms with Gasteiger partial charge in [0.25, 0.3) is 6.01 Å². The van der Waals surface area contributed by atoms with E-state index < -0.39 is 30.1 Å². The number of aromatic carboxylic acids is 1. The van der Waals surface area contributed by atoms with E-state index in [9.17, 15) is 19.4 Å². The van der Waals surface area contributed by atoms with E-state index in [-0.39, 0.29) is 30.3 Å². The second-order valence-corrected chi connectivity index (χ2v) is 9.15. The highest BCUT2D eigenvalue weighted by Crippen LogP contribution is 2.37. The van der Waals surface area contributed by atoms with Gasteiger partial charge in [-0.3, -0.25) is 0 Å². The topological polar surface area (TPSA) is 139 Å². The molecule has 1 unspecified atom stereocenters. The number of imidazole rings is 1. The Hall–Kier alpha value is -3.28. The number of aromatic amines is 1. The number of halogens is 1. The Bertz CT molecular complexity index is 1310. The van der Waals surface area contributed by atoms with E-state index >= 15 is 0 Å². The van der Waals surface area contributed by atoms with E-state index in [0.29, 0.717) is 54.0 Å². The Morgan fingerprint density at radius 1 is 1.26 bits per heavy atom. The number of rotatable bonds is 6. The number of aromatic nitrogens is 3. The number of H-pyrrole nitrogens is 1. The molecule has 2 fully saturated rings. The molecule has 3 aliphatic rings. The van der Waals surface area contributed by atoms with Crippen molar-refractivity contribution in [3.05, 3.63) is 46.3 Å². The summed E-state index contributed by atoms with van der Waals surface area (Å²) in [5.74, 6) is -1.07. The maximum absolute atomic E-state index is 14.8. The van der Waals surface area contributed by atoms with Crippen molar-refractivity contribution in [2.45, 2.75) is 56.6 Å². The highest BCUT2D eigenvalue weighted by atomic mass is 19.1. The first kappa shape index (κ1) is 22.2. The molecule has 0 amide bonds. The highest BCUT2D eigenvalue weighted by molar-refractivity contribution is 5.88. The van der Waals surface area contributed by atoms with E-state index in [2.05, 4.69) is 20.3 Å². The number of hydrogen-bond donors (Lipinski definition) is 4. The summed E-state index contributed by atoms with van der Waals surface area (Å²) >= 11 is 0. The molecule has 0 saturated carbocycles. The van der Waals surface area contributed by atoms with Gasteiger partial charge < -0.3 is 34.7 Å². The molecule has 2 aromatic heterocycles. The fourth-order valence-corrected chi connectivity index (χ4v) is 5.25. The third-order valence-electron chi connectivity index (χ3n) is 6.98. The van der Waals surface area contributed by atoms with E-state index in [4.69, 9.17) is 14.2 Å². The summed E-state index contributed by atoms with van der Waals surface area (Å²) < 4.78 is 32.0. The van der Waals surface area contributed by atoms with Crippen LogP contribution >= 0.6 is 0 Å². The van der Waals surface area contributed by atoms with Crippen molar-refractivity contribution in [1.29, 1.82) is 0 Å². The number of aryl methyl sites for hydroxylation is 2. The van der Waals surface area contributed by atoms with Crippen LogP contribution in [0.3, 0.4) is 0 Å². The summed E-state index contributed by atoms with van der Waals surface area (Å²) in [6, 6.07) is 4.51. The van der Waals surface area contributed by atoms with Crippen molar-refractivity contribution in [2.24, 2.45) is 0 Å². The van der Waals surface area contributed by atoms with Crippen molar-refractivity contribution in [3.63, 3.8) is 0 Å². The summed E-state index contributed by atoms with van der Waals surface area (Å²) in [4.78, 5) is 23.6. The molecule has 6 rings (SSSR count). The standard InChI is InChI=1S/C24H25FN4O6/c1-2-10-7-15-22(29-24(27-15)35-17-9-34-19-16(30)8-33-20(17)19)28-21(10)26-14-4-3-11-5-12(23(31)32)6-13(25)18(11)14/h5-7,14,16-17,19-20,30H,2-4,8-9H2,1H3,(H,31,32)(H2,26,27,28,29)/t14?,16-,17-,19-,20-/m1/s1. The van der Waals surface area contributed by atoms with E-state index in [1.54, 1.807) is 6.07 Å². The first-order valence-electron chi connectivity index (χ1n) is 11.7. The van der Waals surface area contributed by atoms with Gasteiger partial charge in [0.15, 0.2) is 11.8 Å². The van der Waals surface area contributed by atoms with E-state index in [0.717, 1.165) is 11.6 Å². The zero-order valence-electron chi connectivity index (χ0n) is 19.0. The summed E-state index contributed by atoms with van der Waals surface area (Å²) in [5.41, 5.74) is 3.22. The molecule has 2 saturated heterocycles. The second kappa shape index (κ2) is 8.43. The normalized spacial score (nSPS) is 27.2. The molecule has 4 heterocycles. The number of benzene rings is 1. The Morgan fingerprint density at radius 2 is 2.09 bits per heavy atom. The van der Waals surface area contributed by atoms with Crippen LogP contribution < -0.4 is 10.1 Å². The zero-order chi connectivity index (χ0) is 24.3. The van der Waals surface area contributed by atoms with Crippen LogP contribution in [-0.2, 0) is 22.3 Å².